The third-order valence-corrected chi connectivity index (χ3v) is 12.0. The number of nitrogens with zero attached hydrogens (tertiary/aromatic N) is 2. The van der Waals surface area contributed by atoms with E-state index < -0.39 is 20.2 Å². The molecule has 0 radical (unpaired) electrons. The lowest BCUT2D eigenvalue weighted by Gasteiger charge is -2.24. The number of thioether (sulfide) groups is 2. The average Bonchev–Trinajstić information content (AvgIpc) is 3.62. The maximum absolute atomic E-state index is 11.2. The predicted octanol–water partition coefficient (Wildman–Crippen LogP) is 7.31. The minimum atomic E-state index is -3.96. The molecule has 2 heterocycles. The van der Waals surface area contributed by atoms with Gasteiger partial charge in [-0.05, 0) is 92.5 Å². The van der Waals surface area contributed by atoms with Crippen molar-refractivity contribution in [3.63, 3.8) is 0 Å². The molecule has 44 heavy (non-hydrogen) atoms. The Labute approximate surface area is 269 Å². The highest BCUT2D eigenvalue weighted by atomic mass is 32.2. The molecule has 0 aromatic heterocycles. The van der Waals surface area contributed by atoms with Gasteiger partial charge in [0.25, 0.3) is 20.2 Å². The number of para-hydroxylation sites is 2. The second-order valence-electron chi connectivity index (χ2n) is 11.1. The summed E-state index contributed by atoms with van der Waals surface area (Å²) >= 11 is 3.51. The lowest BCUT2D eigenvalue weighted by molar-refractivity contribution is 0.478. The molecule has 1 aliphatic carbocycles. The molecule has 12 heteroatoms. The van der Waals surface area contributed by atoms with Crippen molar-refractivity contribution in [2.24, 2.45) is 0 Å². The molecule has 0 bridgehead atoms. The molecular weight excluding hydrogens is 637 g/mol. The fourth-order valence-electron chi connectivity index (χ4n) is 5.68. The molecule has 5 rings (SSSR count). The summed E-state index contributed by atoms with van der Waals surface area (Å²) in [5.41, 5.74) is 6.15. The third kappa shape index (κ3) is 8.61. The van der Waals surface area contributed by atoms with Gasteiger partial charge in [0, 0.05) is 22.9 Å². The summed E-state index contributed by atoms with van der Waals surface area (Å²) < 4.78 is 62.8. The number of hydrogen-bond acceptors (Lipinski definition) is 8. The van der Waals surface area contributed by atoms with Crippen molar-refractivity contribution >= 4 is 55.1 Å². The van der Waals surface area contributed by atoms with Crippen LogP contribution in [-0.4, -0.2) is 55.9 Å². The van der Waals surface area contributed by atoms with Gasteiger partial charge in [-0.15, -0.1) is 0 Å². The van der Waals surface area contributed by atoms with Gasteiger partial charge in [-0.3, -0.25) is 9.11 Å². The molecule has 0 spiro atoms. The van der Waals surface area contributed by atoms with Gasteiger partial charge in [-0.2, -0.15) is 16.8 Å². The van der Waals surface area contributed by atoms with Gasteiger partial charge in [0.2, 0.25) is 0 Å². The topological polar surface area (TPSA) is 115 Å². The molecule has 1 atom stereocenters. The van der Waals surface area contributed by atoms with Crippen LogP contribution < -0.4 is 9.80 Å². The first-order chi connectivity index (χ1) is 21.0. The second kappa shape index (κ2) is 14.3. The van der Waals surface area contributed by atoms with Crippen molar-refractivity contribution in [3.05, 3.63) is 94.6 Å². The molecular formula is C32H38N2O6S4. The summed E-state index contributed by atoms with van der Waals surface area (Å²) in [7, 11) is -7.90. The first-order valence-electron chi connectivity index (χ1n) is 14.7. The third-order valence-electron chi connectivity index (χ3n) is 7.97. The standard InChI is InChI=1S/C32H38N2O6S4/c1-24-25(16-18-31-33(20-6-8-22-43(35,36)37)27-10-2-4-12-29(27)41-31)14-15-26(24)17-19-32-34(21-7-9-23-44(38,39)40)28-11-3-5-13-30(28)42-32/h2-5,10-13,16-19,31H,6-9,14-15,20-23H2,1H3,(H,35,36,37)(H,38,39,40). The SMILES string of the molecule is CC1=C(C=CC2Sc3ccccc3N2CCCCS(=O)(=O)O)CCC1=CC=C1Sc2ccccc2N1CCCCS(=O)(=O)O. The number of allylic oxidation sites excluding steroid dienone is 6. The zero-order chi connectivity index (χ0) is 31.3. The van der Waals surface area contributed by atoms with Crippen LogP contribution in [0.5, 0.6) is 0 Å². The number of benzene rings is 2. The molecule has 236 valence electrons. The van der Waals surface area contributed by atoms with Crippen LogP contribution in [-0.2, 0) is 20.2 Å². The van der Waals surface area contributed by atoms with Crippen LogP contribution >= 0.6 is 23.5 Å². The highest BCUT2D eigenvalue weighted by molar-refractivity contribution is 8.03. The first kappa shape index (κ1) is 32.9. The molecule has 8 nitrogen and oxygen atoms in total. The number of anilines is 2. The van der Waals surface area contributed by atoms with Gasteiger partial charge < -0.3 is 9.80 Å². The summed E-state index contributed by atoms with van der Waals surface area (Å²) in [6.07, 6.45) is 12.9. The van der Waals surface area contributed by atoms with Crippen LogP contribution in [0.2, 0.25) is 0 Å². The van der Waals surface area contributed by atoms with Crippen LogP contribution in [0.3, 0.4) is 0 Å². The fraction of sp³-hybridized carbons (Fsp3) is 0.375. The number of hydrogen-bond donors (Lipinski definition) is 2. The maximum atomic E-state index is 11.2. The predicted molar refractivity (Wildman–Crippen MR) is 182 cm³/mol. The van der Waals surface area contributed by atoms with Crippen molar-refractivity contribution in [2.45, 2.75) is 60.6 Å². The Morgan fingerprint density at radius 2 is 1.45 bits per heavy atom. The monoisotopic (exact) mass is 674 g/mol. The van der Waals surface area contributed by atoms with Crippen LogP contribution in [0.25, 0.3) is 0 Å². The Bertz CT molecular complexity index is 1710. The van der Waals surface area contributed by atoms with E-state index >= 15 is 0 Å². The van der Waals surface area contributed by atoms with E-state index in [0.717, 1.165) is 29.2 Å². The Morgan fingerprint density at radius 3 is 2.16 bits per heavy atom. The number of rotatable bonds is 13. The molecule has 3 aliphatic rings. The number of unbranched alkanes of at least 4 members (excludes halogenated alkanes) is 2. The van der Waals surface area contributed by atoms with Gasteiger partial charge in [0.15, 0.2) is 0 Å². The van der Waals surface area contributed by atoms with Crippen molar-refractivity contribution in [3.8, 4) is 0 Å². The molecule has 2 aliphatic heterocycles. The molecule has 0 amide bonds. The van der Waals surface area contributed by atoms with Crippen LogP contribution in [0, 0.1) is 0 Å². The molecule has 0 saturated heterocycles. The number of fused-ring (bicyclic) bond motifs is 2. The van der Waals surface area contributed by atoms with E-state index in [0.29, 0.717) is 38.8 Å². The zero-order valence-electron chi connectivity index (χ0n) is 24.6. The molecule has 1 unspecified atom stereocenters. The first-order valence-corrected chi connectivity index (χ1v) is 19.7. The van der Waals surface area contributed by atoms with E-state index in [9.17, 15) is 16.8 Å². The summed E-state index contributed by atoms with van der Waals surface area (Å²) in [6, 6.07) is 16.5. The molecule has 0 saturated carbocycles. The van der Waals surface area contributed by atoms with Gasteiger partial charge in [0.05, 0.1) is 33.3 Å². The van der Waals surface area contributed by atoms with Crippen LogP contribution in [0.15, 0.2) is 104 Å². The Morgan fingerprint density at radius 1 is 0.818 bits per heavy atom. The summed E-state index contributed by atoms with van der Waals surface area (Å²) in [5, 5.41) is 1.21. The highest BCUT2D eigenvalue weighted by Gasteiger charge is 2.28. The summed E-state index contributed by atoms with van der Waals surface area (Å²) in [5.74, 6) is -0.444. The van der Waals surface area contributed by atoms with E-state index in [4.69, 9.17) is 9.11 Å². The van der Waals surface area contributed by atoms with Crippen molar-refractivity contribution < 1.29 is 25.9 Å². The smallest absolute Gasteiger partial charge is 0.264 e. The normalized spacial score (nSPS) is 20.5. The zero-order valence-corrected chi connectivity index (χ0v) is 27.9. The summed E-state index contributed by atoms with van der Waals surface area (Å²) in [4.78, 5) is 6.92. The maximum Gasteiger partial charge on any atom is 0.264 e. The summed E-state index contributed by atoms with van der Waals surface area (Å²) in [6.45, 7) is 3.55. The van der Waals surface area contributed by atoms with Crippen molar-refractivity contribution in [2.75, 3.05) is 34.4 Å². The van der Waals surface area contributed by atoms with Gasteiger partial charge in [-0.1, -0.05) is 66.0 Å². The van der Waals surface area contributed by atoms with Gasteiger partial charge >= 0.3 is 0 Å². The minimum Gasteiger partial charge on any atom is -0.355 e. The van der Waals surface area contributed by atoms with Crippen molar-refractivity contribution in [1.82, 2.24) is 0 Å². The Hall–Kier alpha value is -2.48. The molecule has 2 N–H and O–H groups in total. The highest BCUT2D eigenvalue weighted by Crippen LogP contribution is 2.47. The van der Waals surface area contributed by atoms with E-state index in [2.05, 4.69) is 65.3 Å². The molecule has 2 aromatic rings. The van der Waals surface area contributed by atoms with E-state index in [1.165, 1.54) is 26.5 Å². The van der Waals surface area contributed by atoms with E-state index in [1.807, 2.05) is 24.3 Å². The minimum absolute atomic E-state index is 0.108. The lowest BCUT2D eigenvalue weighted by atomic mass is 10.1. The second-order valence-corrected chi connectivity index (χ2v) is 16.4. The Balaban J connectivity index is 1.27. The average molecular weight is 675 g/mol. The largest absolute Gasteiger partial charge is 0.355 e. The quantitative estimate of drug-likeness (QED) is 0.166. The molecule has 0 fully saturated rings. The van der Waals surface area contributed by atoms with E-state index in [-0.39, 0.29) is 16.9 Å². The van der Waals surface area contributed by atoms with Crippen molar-refractivity contribution in [1.29, 1.82) is 0 Å². The van der Waals surface area contributed by atoms with Crippen LogP contribution in [0.1, 0.15) is 45.4 Å². The van der Waals surface area contributed by atoms with Gasteiger partial charge in [-0.25, -0.2) is 0 Å². The molecule has 2 aromatic carbocycles. The van der Waals surface area contributed by atoms with Crippen LogP contribution in [0.4, 0.5) is 11.4 Å². The Kier molecular flexibility index (Phi) is 10.7. The fourth-order valence-corrected chi connectivity index (χ4v) is 9.14. The van der Waals surface area contributed by atoms with Gasteiger partial charge in [0.1, 0.15) is 0 Å². The lowest BCUT2D eigenvalue weighted by Crippen LogP contribution is -2.29. The van der Waals surface area contributed by atoms with E-state index in [1.54, 1.807) is 23.5 Å².